The van der Waals surface area contributed by atoms with E-state index >= 15 is 0 Å². The average Bonchev–Trinajstić information content (AvgIpc) is 2.45. The highest BCUT2D eigenvalue weighted by Crippen LogP contribution is 2.24. The Bertz CT molecular complexity index is 226. The van der Waals surface area contributed by atoms with Crippen molar-refractivity contribution in [1.82, 2.24) is 15.5 Å². The third-order valence-corrected chi connectivity index (χ3v) is 3.08. The summed E-state index contributed by atoms with van der Waals surface area (Å²) in [5.41, 5.74) is -0.0303. The first-order valence-electron chi connectivity index (χ1n) is 5.14. The maximum atomic E-state index is 11.5. The third kappa shape index (κ3) is 1.69. The van der Waals surface area contributed by atoms with Crippen LogP contribution in [0.15, 0.2) is 0 Å². The second-order valence-corrected chi connectivity index (χ2v) is 4.11. The first kappa shape index (κ1) is 9.73. The number of hydrogen-bond donors (Lipinski definition) is 3. The van der Waals surface area contributed by atoms with Crippen molar-refractivity contribution in [1.29, 1.82) is 0 Å². The molecule has 2 amide bonds. The number of aliphatic hydroxyl groups excluding tert-OH is 1. The fourth-order valence-corrected chi connectivity index (χ4v) is 2.27. The lowest BCUT2D eigenvalue weighted by molar-refractivity contribution is 0.193. The number of carbonyl (C=O) groups is 1. The van der Waals surface area contributed by atoms with E-state index in [4.69, 9.17) is 5.11 Å². The summed E-state index contributed by atoms with van der Waals surface area (Å²) in [6, 6.07) is -0.0269. The number of nitrogens with zero attached hydrogens (tertiary/aromatic N) is 1. The van der Waals surface area contributed by atoms with Crippen molar-refractivity contribution in [2.45, 2.75) is 18.4 Å². The van der Waals surface area contributed by atoms with Gasteiger partial charge in [-0.05, 0) is 25.9 Å². The van der Waals surface area contributed by atoms with Crippen LogP contribution in [0.2, 0.25) is 0 Å². The monoisotopic (exact) mass is 199 g/mol. The van der Waals surface area contributed by atoms with Crippen molar-refractivity contribution < 1.29 is 9.90 Å². The number of β-amino-alcohol motifs (C(OH)–C–C–N with tert-alkyl or cyclic N) is 1. The summed E-state index contributed by atoms with van der Waals surface area (Å²) in [6.45, 7) is 3.16. The molecule has 0 aromatic rings. The molecule has 5 nitrogen and oxygen atoms in total. The molecule has 14 heavy (non-hydrogen) atoms. The highest BCUT2D eigenvalue weighted by Gasteiger charge is 2.42. The number of hydrogen-bond acceptors (Lipinski definition) is 3. The number of amides is 2. The zero-order valence-electron chi connectivity index (χ0n) is 8.25. The molecule has 2 fully saturated rings. The minimum atomic E-state index is -0.0303. The molecule has 0 aromatic carbocycles. The van der Waals surface area contributed by atoms with Gasteiger partial charge in [0.1, 0.15) is 0 Å². The van der Waals surface area contributed by atoms with Gasteiger partial charge in [-0.2, -0.15) is 0 Å². The summed E-state index contributed by atoms with van der Waals surface area (Å²) in [7, 11) is 0. The molecule has 80 valence electrons. The minimum absolute atomic E-state index is 0.0269. The summed E-state index contributed by atoms with van der Waals surface area (Å²) >= 11 is 0. The van der Waals surface area contributed by atoms with Gasteiger partial charge < -0.3 is 20.6 Å². The van der Waals surface area contributed by atoms with E-state index in [0.717, 1.165) is 32.5 Å². The number of nitrogens with one attached hydrogen (secondary N) is 2. The molecule has 2 saturated heterocycles. The standard InChI is InChI=1S/C9H17N3O2/c13-6-5-12-7-9(11-8(12)14)1-3-10-4-2-9/h10,13H,1-7H2,(H,11,14). The lowest BCUT2D eigenvalue weighted by Crippen LogP contribution is -2.51. The number of piperidine rings is 1. The molecule has 0 saturated carbocycles. The molecule has 0 unspecified atom stereocenters. The van der Waals surface area contributed by atoms with Crippen molar-refractivity contribution in [3.8, 4) is 0 Å². The number of carbonyl (C=O) groups excluding carboxylic acids is 1. The SMILES string of the molecule is O=C1NC2(CCNCC2)CN1CCO. The van der Waals surface area contributed by atoms with E-state index in [1.54, 1.807) is 4.90 Å². The fourth-order valence-electron chi connectivity index (χ4n) is 2.27. The van der Waals surface area contributed by atoms with Gasteiger partial charge in [0.15, 0.2) is 0 Å². The van der Waals surface area contributed by atoms with Crippen molar-refractivity contribution in [2.24, 2.45) is 0 Å². The zero-order chi connectivity index (χ0) is 10.0. The molecular weight excluding hydrogens is 182 g/mol. The highest BCUT2D eigenvalue weighted by atomic mass is 16.3. The number of urea groups is 1. The van der Waals surface area contributed by atoms with Gasteiger partial charge in [-0.25, -0.2) is 4.79 Å². The van der Waals surface area contributed by atoms with Gasteiger partial charge in [-0.3, -0.25) is 0 Å². The molecular formula is C9H17N3O2. The van der Waals surface area contributed by atoms with Crippen LogP contribution in [0.25, 0.3) is 0 Å². The van der Waals surface area contributed by atoms with Gasteiger partial charge in [0.25, 0.3) is 0 Å². The third-order valence-electron chi connectivity index (χ3n) is 3.08. The van der Waals surface area contributed by atoms with Crippen LogP contribution in [0, 0.1) is 0 Å². The molecule has 2 aliphatic heterocycles. The molecule has 1 spiro atoms. The van der Waals surface area contributed by atoms with Gasteiger partial charge in [0.2, 0.25) is 0 Å². The van der Waals surface area contributed by atoms with E-state index in [2.05, 4.69) is 10.6 Å². The van der Waals surface area contributed by atoms with Crippen molar-refractivity contribution in [3.05, 3.63) is 0 Å². The normalized spacial score (nSPS) is 25.5. The zero-order valence-corrected chi connectivity index (χ0v) is 8.25. The maximum Gasteiger partial charge on any atom is 0.318 e. The Labute approximate surface area is 83.5 Å². The quantitative estimate of drug-likeness (QED) is 0.541. The Kier molecular flexibility index (Phi) is 2.60. The summed E-state index contributed by atoms with van der Waals surface area (Å²) in [4.78, 5) is 13.2. The lowest BCUT2D eigenvalue weighted by atomic mass is 9.89. The number of rotatable bonds is 2. The Morgan fingerprint density at radius 3 is 2.79 bits per heavy atom. The smallest absolute Gasteiger partial charge is 0.318 e. The lowest BCUT2D eigenvalue weighted by Gasteiger charge is -2.32. The average molecular weight is 199 g/mol. The first-order valence-corrected chi connectivity index (χ1v) is 5.14. The van der Waals surface area contributed by atoms with Gasteiger partial charge in [0, 0.05) is 13.1 Å². The first-order chi connectivity index (χ1) is 6.76. The molecule has 2 aliphatic rings. The topological polar surface area (TPSA) is 64.6 Å². The van der Waals surface area contributed by atoms with Crippen molar-refractivity contribution in [2.75, 3.05) is 32.8 Å². The number of aliphatic hydroxyl groups is 1. The van der Waals surface area contributed by atoms with E-state index < -0.39 is 0 Å². The Hall–Kier alpha value is -0.810. The highest BCUT2D eigenvalue weighted by molar-refractivity contribution is 5.78. The molecule has 0 aliphatic carbocycles. The van der Waals surface area contributed by atoms with Crippen LogP contribution >= 0.6 is 0 Å². The van der Waals surface area contributed by atoms with Crippen LogP contribution in [-0.4, -0.2) is 54.4 Å². The van der Waals surface area contributed by atoms with Crippen LogP contribution in [0.4, 0.5) is 4.79 Å². The second-order valence-electron chi connectivity index (χ2n) is 4.11. The Morgan fingerprint density at radius 1 is 1.43 bits per heavy atom. The van der Waals surface area contributed by atoms with E-state index in [1.807, 2.05) is 0 Å². The van der Waals surface area contributed by atoms with Crippen LogP contribution in [0.5, 0.6) is 0 Å². The second kappa shape index (κ2) is 3.74. The Morgan fingerprint density at radius 2 is 2.14 bits per heavy atom. The summed E-state index contributed by atoms with van der Waals surface area (Å²) in [5.74, 6) is 0. The summed E-state index contributed by atoms with van der Waals surface area (Å²) < 4.78 is 0. The van der Waals surface area contributed by atoms with Crippen molar-refractivity contribution >= 4 is 6.03 Å². The van der Waals surface area contributed by atoms with Crippen LogP contribution in [-0.2, 0) is 0 Å². The molecule has 2 heterocycles. The van der Waals surface area contributed by atoms with Gasteiger partial charge >= 0.3 is 6.03 Å². The van der Waals surface area contributed by atoms with E-state index in [0.29, 0.717) is 6.54 Å². The van der Waals surface area contributed by atoms with E-state index in [9.17, 15) is 4.79 Å². The summed E-state index contributed by atoms with van der Waals surface area (Å²) in [5, 5.41) is 15.1. The van der Waals surface area contributed by atoms with E-state index in [1.165, 1.54) is 0 Å². The van der Waals surface area contributed by atoms with Crippen molar-refractivity contribution in [3.63, 3.8) is 0 Å². The summed E-state index contributed by atoms with van der Waals surface area (Å²) in [6.07, 6.45) is 1.97. The molecule has 2 rings (SSSR count). The van der Waals surface area contributed by atoms with Gasteiger partial charge in [-0.1, -0.05) is 0 Å². The van der Waals surface area contributed by atoms with Crippen LogP contribution < -0.4 is 10.6 Å². The molecule has 3 N–H and O–H groups in total. The molecule has 0 bridgehead atoms. The maximum absolute atomic E-state index is 11.5. The van der Waals surface area contributed by atoms with Gasteiger partial charge in [0.05, 0.1) is 12.1 Å². The van der Waals surface area contributed by atoms with Crippen LogP contribution in [0.3, 0.4) is 0 Å². The van der Waals surface area contributed by atoms with Crippen LogP contribution in [0.1, 0.15) is 12.8 Å². The predicted molar refractivity (Wildman–Crippen MR) is 52.0 cm³/mol. The predicted octanol–water partition coefficient (Wildman–Crippen LogP) is -0.874. The van der Waals surface area contributed by atoms with Gasteiger partial charge in [-0.15, -0.1) is 0 Å². The molecule has 0 radical (unpaired) electrons. The Balaban J connectivity index is 1.99. The minimum Gasteiger partial charge on any atom is -0.395 e. The fraction of sp³-hybridized carbons (Fsp3) is 0.889. The molecule has 0 atom stereocenters. The van der Waals surface area contributed by atoms with E-state index in [-0.39, 0.29) is 18.2 Å². The largest absolute Gasteiger partial charge is 0.395 e. The molecule has 0 aromatic heterocycles. The molecule has 5 heteroatoms.